The minimum absolute atomic E-state index is 0.00961. The van der Waals surface area contributed by atoms with Crippen LogP contribution in [0.4, 0.5) is 13.2 Å². The molecule has 0 saturated carbocycles. The van der Waals surface area contributed by atoms with Crippen LogP contribution in [0.5, 0.6) is 0 Å². The maximum Gasteiger partial charge on any atom is 0.433 e. The Hall–Kier alpha value is -1.96. The number of aryl methyl sites for hydroxylation is 1. The monoisotopic (exact) mass is 269 g/mol. The highest BCUT2D eigenvalue weighted by molar-refractivity contribution is 5.50. The third kappa shape index (κ3) is 2.07. The van der Waals surface area contributed by atoms with Crippen molar-refractivity contribution in [3.63, 3.8) is 0 Å². The summed E-state index contributed by atoms with van der Waals surface area (Å²) in [6, 6.07) is 1.59. The van der Waals surface area contributed by atoms with Crippen molar-refractivity contribution in [3.05, 3.63) is 29.2 Å². The van der Waals surface area contributed by atoms with E-state index in [1.54, 1.807) is 19.3 Å². The van der Waals surface area contributed by atoms with Gasteiger partial charge in [-0.25, -0.2) is 9.97 Å². The van der Waals surface area contributed by atoms with E-state index in [1.165, 1.54) is 4.68 Å². The summed E-state index contributed by atoms with van der Waals surface area (Å²) in [5.41, 5.74) is -0.0130. The van der Waals surface area contributed by atoms with Crippen LogP contribution in [0.1, 0.15) is 17.0 Å². The largest absolute Gasteiger partial charge is 0.433 e. The molecule has 0 saturated heterocycles. The van der Waals surface area contributed by atoms with Gasteiger partial charge in [0.2, 0.25) is 0 Å². The Bertz CT molecular complexity index is 632. The molecule has 19 heavy (non-hydrogen) atoms. The number of fused-ring (bicyclic) bond motifs is 1. The molecule has 0 amide bonds. The molecule has 0 unspecified atom stereocenters. The Kier molecular flexibility index (Phi) is 2.56. The molecule has 0 aliphatic carbocycles. The predicted octanol–water partition coefficient (Wildman–Crippen LogP) is 1.50. The summed E-state index contributed by atoms with van der Waals surface area (Å²) >= 11 is 0. The van der Waals surface area contributed by atoms with E-state index in [0.717, 1.165) is 0 Å². The average Bonchev–Trinajstić information content (AvgIpc) is 2.94. The van der Waals surface area contributed by atoms with E-state index in [2.05, 4.69) is 20.4 Å². The van der Waals surface area contributed by atoms with Crippen LogP contribution >= 0.6 is 0 Å². The minimum atomic E-state index is -4.48. The molecule has 8 heteroatoms. The van der Waals surface area contributed by atoms with Crippen LogP contribution in [-0.4, -0.2) is 19.7 Å². The van der Waals surface area contributed by atoms with Crippen LogP contribution in [-0.2, 0) is 26.3 Å². The summed E-state index contributed by atoms with van der Waals surface area (Å²) in [6.45, 7) is 0.466. The van der Waals surface area contributed by atoms with Crippen molar-refractivity contribution in [1.82, 2.24) is 25.1 Å². The first-order valence-electron chi connectivity index (χ1n) is 5.63. The molecule has 0 bridgehead atoms. The molecule has 3 rings (SSSR count). The second-order valence-electron chi connectivity index (χ2n) is 4.30. The van der Waals surface area contributed by atoms with Gasteiger partial charge in [0.1, 0.15) is 5.69 Å². The molecule has 1 aliphatic heterocycles. The highest BCUT2D eigenvalue weighted by atomic mass is 19.4. The maximum atomic E-state index is 13.0. The lowest BCUT2D eigenvalue weighted by Gasteiger charge is -2.11. The van der Waals surface area contributed by atoms with Crippen LogP contribution in [0.2, 0.25) is 0 Å². The standard InChI is InChI=1S/C11H10F3N5/c1-19-3-2-7(18-19)10-16-8-5-15-4-6(8)9(17-10)11(12,13)14/h2-3,15H,4-5H2,1H3. The molecule has 3 heterocycles. The fourth-order valence-corrected chi connectivity index (χ4v) is 2.05. The zero-order valence-electron chi connectivity index (χ0n) is 9.99. The second kappa shape index (κ2) is 4.02. The fourth-order valence-electron chi connectivity index (χ4n) is 2.05. The van der Waals surface area contributed by atoms with Crippen LogP contribution in [0.25, 0.3) is 11.5 Å². The molecule has 2 aromatic rings. The number of nitrogens with zero attached hydrogens (tertiary/aromatic N) is 4. The lowest BCUT2D eigenvalue weighted by atomic mass is 10.1. The number of alkyl halides is 3. The first-order valence-corrected chi connectivity index (χ1v) is 5.63. The number of nitrogens with one attached hydrogen (secondary N) is 1. The molecule has 0 spiro atoms. The van der Waals surface area contributed by atoms with Gasteiger partial charge in [-0.15, -0.1) is 0 Å². The van der Waals surface area contributed by atoms with Crippen molar-refractivity contribution in [2.24, 2.45) is 7.05 Å². The Morgan fingerprint density at radius 1 is 1.26 bits per heavy atom. The van der Waals surface area contributed by atoms with Crippen molar-refractivity contribution in [1.29, 1.82) is 0 Å². The highest BCUT2D eigenvalue weighted by Crippen LogP contribution is 2.34. The zero-order chi connectivity index (χ0) is 13.6. The SMILES string of the molecule is Cn1ccc(-c2nc3c(c(C(F)(F)F)n2)CNC3)n1. The predicted molar refractivity (Wildman–Crippen MR) is 59.8 cm³/mol. The number of rotatable bonds is 1. The Morgan fingerprint density at radius 3 is 2.68 bits per heavy atom. The highest BCUT2D eigenvalue weighted by Gasteiger charge is 2.38. The summed E-state index contributed by atoms with van der Waals surface area (Å²) in [7, 11) is 1.68. The normalized spacial score (nSPS) is 14.7. The van der Waals surface area contributed by atoms with E-state index >= 15 is 0 Å². The van der Waals surface area contributed by atoms with Crippen molar-refractivity contribution in [3.8, 4) is 11.5 Å². The van der Waals surface area contributed by atoms with Crippen LogP contribution in [0.3, 0.4) is 0 Å². The molecule has 5 nitrogen and oxygen atoms in total. The van der Waals surface area contributed by atoms with Gasteiger partial charge in [-0.1, -0.05) is 0 Å². The van der Waals surface area contributed by atoms with Gasteiger partial charge in [-0.3, -0.25) is 4.68 Å². The van der Waals surface area contributed by atoms with E-state index in [4.69, 9.17) is 0 Å². The van der Waals surface area contributed by atoms with Gasteiger partial charge in [0, 0.05) is 31.9 Å². The van der Waals surface area contributed by atoms with Crippen molar-refractivity contribution in [2.75, 3.05) is 0 Å². The molecular weight excluding hydrogens is 259 g/mol. The number of hydrogen-bond donors (Lipinski definition) is 1. The summed E-state index contributed by atoms with van der Waals surface area (Å²) < 4.78 is 40.5. The number of hydrogen-bond acceptors (Lipinski definition) is 4. The van der Waals surface area contributed by atoms with Crippen molar-refractivity contribution < 1.29 is 13.2 Å². The van der Waals surface area contributed by atoms with Gasteiger partial charge in [-0.2, -0.15) is 18.3 Å². The zero-order valence-corrected chi connectivity index (χ0v) is 9.99. The third-order valence-corrected chi connectivity index (χ3v) is 2.90. The first-order chi connectivity index (χ1) is 8.95. The van der Waals surface area contributed by atoms with Crippen LogP contribution in [0, 0.1) is 0 Å². The molecule has 0 aromatic carbocycles. The first kappa shape index (κ1) is 12.1. The molecule has 1 aliphatic rings. The quantitative estimate of drug-likeness (QED) is 0.852. The van der Waals surface area contributed by atoms with Gasteiger partial charge < -0.3 is 5.32 Å². The molecule has 1 N–H and O–H groups in total. The molecular formula is C11H10F3N5. The summed E-state index contributed by atoms with van der Waals surface area (Å²) in [4.78, 5) is 7.81. The van der Waals surface area contributed by atoms with Gasteiger partial charge in [0.05, 0.1) is 5.69 Å². The molecule has 0 fully saturated rings. The van der Waals surface area contributed by atoms with Gasteiger partial charge in [-0.05, 0) is 6.07 Å². The smallest absolute Gasteiger partial charge is 0.307 e. The van der Waals surface area contributed by atoms with E-state index in [-0.39, 0.29) is 17.9 Å². The van der Waals surface area contributed by atoms with Crippen molar-refractivity contribution >= 4 is 0 Å². The van der Waals surface area contributed by atoms with Gasteiger partial charge in [0.15, 0.2) is 11.5 Å². The molecule has 0 atom stereocenters. The average molecular weight is 269 g/mol. The molecule has 100 valence electrons. The van der Waals surface area contributed by atoms with Crippen LogP contribution in [0.15, 0.2) is 12.3 Å². The number of aromatic nitrogens is 4. The van der Waals surface area contributed by atoms with Crippen LogP contribution < -0.4 is 5.32 Å². The third-order valence-electron chi connectivity index (χ3n) is 2.90. The lowest BCUT2D eigenvalue weighted by molar-refractivity contribution is -0.141. The van der Waals surface area contributed by atoms with Crippen molar-refractivity contribution in [2.45, 2.75) is 19.3 Å². The Labute approximate surface area is 106 Å². The van der Waals surface area contributed by atoms with E-state index in [0.29, 0.717) is 17.9 Å². The Morgan fingerprint density at radius 2 is 2.05 bits per heavy atom. The maximum absolute atomic E-state index is 13.0. The Balaban J connectivity index is 2.18. The minimum Gasteiger partial charge on any atom is -0.307 e. The van der Waals surface area contributed by atoms with E-state index in [1.807, 2.05) is 0 Å². The van der Waals surface area contributed by atoms with Gasteiger partial charge in [0.25, 0.3) is 0 Å². The fraction of sp³-hybridized carbons (Fsp3) is 0.364. The summed E-state index contributed by atoms with van der Waals surface area (Å²) in [5, 5.41) is 6.89. The van der Waals surface area contributed by atoms with Gasteiger partial charge >= 0.3 is 6.18 Å². The lowest BCUT2D eigenvalue weighted by Crippen LogP contribution is -2.14. The molecule has 0 radical (unpaired) electrons. The van der Waals surface area contributed by atoms with E-state index < -0.39 is 11.9 Å². The summed E-state index contributed by atoms with van der Waals surface area (Å²) in [6.07, 6.45) is -2.85. The second-order valence-corrected chi connectivity index (χ2v) is 4.30. The van der Waals surface area contributed by atoms with E-state index in [9.17, 15) is 13.2 Å². The topological polar surface area (TPSA) is 55.6 Å². The summed E-state index contributed by atoms with van der Waals surface area (Å²) in [5.74, 6) is 0.00961. The molecule has 2 aromatic heterocycles. The number of halogens is 3.